The Balaban J connectivity index is 1.85. The molecule has 0 amide bonds. The molecule has 0 aliphatic carbocycles. The molecule has 3 heteroatoms. The first-order valence-electron chi connectivity index (χ1n) is 8.37. The SMILES string of the molecule is c1ccc(-c2[nH]nc(N3CCCCC3)c2-c2ccccc2)cc1. The van der Waals surface area contributed by atoms with Crippen LogP contribution in [0.5, 0.6) is 0 Å². The summed E-state index contributed by atoms with van der Waals surface area (Å²) in [5.74, 6) is 1.09. The average molecular weight is 303 g/mol. The smallest absolute Gasteiger partial charge is 0.158 e. The van der Waals surface area contributed by atoms with Crippen LogP contribution in [0.25, 0.3) is 22.4 Å². The van der Waals surface area contributed by atoms with Crippen LogP contribution in [0, 0.1) is 0 Å². The minimum absolute atomic E-state index is 1.09. The zero-order valence-electron chi connectivity index (χ0n) is 13.2. The van der Waals surface area contributed by atoms with E-state index in [2.05, 4.69) is 64.6 Å². The van der Waals surface area contributed by atoms with Crippen LogP contribution in [-0.2, 0) is 0 Å². The highest BCUT2D eigenvalue weighted by molar-refractivity contribution is 5.89. The maximum atomic E-state index is 4.69. The summed E-state index contributed by atoms with van der Waals surface area (Å²) >= 11 is 0. The summed E-state index contributed by atoms with van der Waals surface area (Å²) in [5, 5.41) is 7.99. The van der Waals surface area contributed by atoms with E-state index < -0.39 is 0 Å². The molecule has 116 valence electrons. The summed E-state index contributed by atoms with van der Waals surface area (Å²) in [7, 11) is 0. The predicted octanol–water partition coefficient (Wildman–Crippen LogP) is 4.73. The highest BCUT2D eigenvalue weighted by Gasteiger charge is 2.22. The van der Waals surface area contributed by atoms with Crippen molar-refractivity contribution >= 4 is 5.82 Å². The Morgan fingerprint density at radius 2 is 1.35 bits per heavy atom. The topological polar surface area (TPSA) is 31.9 Å². The molecular weight excluding hydrogens is 282 g/mol. The molecule has 1 aliphatic heterocycles. The molecule has 1 aromatic heterocycles. The number of H-pyrrole nitrogens is 1. The lowest BCUT2D eigenvalue weighted by atomic mass is 10.00. The van der Waals surface area contributed by atoms with Gasteiger partial charge < -0.3 is 4.90 Å². The fourth-order valence-electron chi connectivity index (χ4n) is 3.36. The number of benzene rings is 2. The second kappa shape index (κ2) is 6.29. The second-order valence-corrected chi connectivity index (χ2v) is 6.08. The number of anilines is 1. The molecular formula is C20H21N3. The van der Waals surface area contributed by atoms with E-state index in [9.17, 15) is 0 Å². The van der Waals surface area contributed by atoms with E-state index in [1.165, 1.54) is 36.0 Å². The lowest BCUT2D eigenvalue weighted by molar-refractivity contribution is 0.573. The predicted molar refractivity (Wildman–Crippen MR) is 95.5 cm³/mol. The molecule has 0 bridgehead atoms. The van der Waals surface area contributed by atoms with Crippen LogP contribution in [0.4, 0.5) is 5.82 Å². The van der Waals surface area contributed by atoms with Gasteiger partial charge in [-0.3, -0.25) is 5.10 Å². The standard InChI is InChI=1S/C20H21N3/c1-4-10-16(11-5-1)18-19(17-12-6-2-7-13-17)21-22-20(18)23-14-8-3-9-15-23/h1-2,4-7,10-13H,3,8-9,14-15H2,(H,21,22). The first kappa shape index (κ1) is 14.1. The van der Waals surface area contributed by atoms with Crippen LogP contribution in [0.15, 0.2) is 60.7 Å². The lowest BCUT2D eigenvalue weighted by Gasteiger charge is -2.27. The van der Waals surface area contributed by atoms with Gasteiger partial charge in [0.2, 0.25) is 0 Å². The molecule has 1 N–H and O–H groups in total. The Morgan fingerprint density at radius 3 is 2.00 bits per heavy atom. The number of aromatic nitrogens is 2. The van der Waals surface area contributed by atoms with Gasteiger partial charge in [-0.25, -0.2) is 0 Å². The van der Waals surface area contributed by atoms with Gasteiger partial charge in [0.15, 0.2) is 5.82 Å². The van der Waals surface area contributed by atoms with Crippen molar-refractivity contribution in [3.05, 3.63) is 60.7 Å². The van der Waals surface area contributed by atoms with Crippen molar-refractivity contribution in [2.24, 2.45) is 0 Å². The Bertz CT molecular complexity index is 756. The first-order valence-corrected chi connectivity index (χ1v) is 8.37. The van der Waals surface area contributed by atoms with Gasteiger partial charge in [0.05, 0.1) is 11.3 Å². The number of rotatable bonds is 3. The van der Waals surface area contributed by atoms with Crippen LogP contribution < -0.4 is 4.90 Å². The maximum absolute atomic E-state index is 4.69. The zero-order valence-corrected chi connectivity index (χ0v) is 13.2. The minimum atomic E-state index is 1.09. The van der Waals surface area contributed by atoms with Crippen LogP contribution in [-0.4, -0.2) is 23.3 Å². The summed E-state index contributed by atoms with van der Waals surface area (Å²) < 4.78 is 0. The Hall–Kier alpha value is -2.55. The first-order chi connectivity index (χ1) is 11.4. The van der Waals surface area contributed by atoms with Gasteiger partial charge in [0.25, 0.3) is 0 Å². The number of piperidine rings is 1. The van der Waals surface area contributed by atoms with Crippen molar-refractivity contribution in [3.63, 3.8) is 0 Å². The van der Waals surface area contributed by atoms with E-state index in [-0.39, 0.29) is 0 Å². The van der Waals surface area contributed by atoms with E-state index in [0.29, 0.717) is 0 Å². The van der Waals surface area contributed by atoms with Crippen molar-refractivity contribution in [2.45, 2.75) is 19.3 Å². The molecule has 3 aromatic rings. The number of nitrogens with one attached hydrogen (secondary N) is 1. The van der Waals surface area contributed by atoms with Crippen molar-refractivity contribution in [2.75, 3.05) is 18.0 Å². The van der Waals surface area contributed by atoms with E-state index in [1.54, 1.807) is 0 Å². The van der Waals surface area contributed by atoms with Gasteiger partial charge in [-0.15, -0.1) is 0 Å². The largest absolute Gasteiger partial charge is 0.355 e. The molecule has 0 saturated carbocycles. The van der Waals surface area contributed by atoms with E-state index in [4.69, 9.17) is 5.10 Å². The summed E-state index contributed by atoms with van der Waals surface area (Å²) in [6.07, 6.45) is 3.83. The number of aromatic amines is 1. The number of hydrogen-bond donors (Lipinski definition) is 1. The molecule has 3 nitrogen and oxygen atoms in total. The fraction of sp³-hybridized carbons (Fsp3) is 0.250. The number of nitrogens with zero attached hydrogens (tertiary/aromatic N) is 2. The van der Waals surface area contributed by atoms with Crippen LogP contribution in [0.1, 0.15) is 19.3 Å². The minimum Gasteiger partial charge on any atom is -0.355 e. The van der Waals surface area contributed by atoms with E-state index in [0.717, 1.165) is 24.6 Å². The summed E-state index contributed by atoms with van der Waals surface area (Å²) in [6.45, 7) is 2.19. The lowest BCUT2D eigenvalue weighted by Crippen LogP contribution is -2.30. The maximum Gasteiger partial charge on any atom is 0.158 e. The van der Waals surface area contributed by atoms with Gasteiger partial charge in [-0.2, -0.15) is 5.10 Å². The molecule has 1 fully saturated rings. The normalized spacial score (nSPS) is 14.9. The Morgan fingerprint density at radius 1 is 0.739 bits per heavy atom. The number of hydrogen-bond acceptors (Lipinski definition) is 2. The molecule has 0 atom stereocenters. The molecule has 0 radical (unpaired) electrons. The Labute approximate surface area is 137 Å². The van der Waals surface area contributed by atoms with Crippen molar-refractivity contribution in [3.8, 4) is 22.4 Å². The van der Waals surface area contributed by atoms with Gasteiger partial charge in [0, 0.05) is 18.7 Å². The summed E-state index contributed by atoms with van der Waals surface area (Å²) in [6, 6.07) is 21.1. The quantitative estimate of drug-likeness (QED) is 0.758. The zero-order chi connectivity index (χ0) is 15.5. The third-order valence-corrected chi connectivity index (χ3v) is 4.53. The highest BCUT2D eigenvalue weighted by atomic mass is 15.3. The molecule has 2 heterocycles. The summed E-state index contributed by atoms with van der Waals surface area (Å²) in [5.41, 5.74) is 4.74. The highest BCUT2D eigenvalue weighted by Crippen LogP contribution is 2.38. The van der Waals surface area contributed by atoms with E-state index >= 15 is 0 Å². The van der Waals surface area contributed by atoms with Gasteiger partial charge in [-0.05, 0) is 24.8 Å². The van der Waals surface area contributed by atoms with Gasteiger partial charge in [-0.1, -0.05) is 60.7 Å². The second-order valence-electron chi connectivity index (χ2n) is 6.08. The Kier molecular flexibility index (Phi) is 3.85. The third kappa shape index (κ3) is 2.74. The molecule has 1 aliphatic rings. The van der Waals surface area contributed by atoms with Crippen LogP contribution in [0.3, 0.4) is 0 Å². The van der Waals surface area contributed by atoms with Crippen LogP contribution >= 0.6 is 0 Å². The van der Waals surface area contributed by atoms with Crippen molar-refractivity contribution in [1.82, 2.24) is 10.2 Å². The average Bonchev–Trinajstić information content (AvgIpc) is 3.09. The molecule has 23 heavy (non-hydrogen) atoms. The molecule has 4 rings (SSSR count). The molecule has 2 aromatic carbocycles. The van der Waals surface area contributed by atoms with Crippen molar-refractivity contribution in [1.29, 1.82) is 0 Å². The van der Waals surface area contributed by atoms with Crippen LogP contribution in [0.2, 0.25) is 0 Å². The van der Waals surface area contributed by atoms with Gasteiger partial charge in [0.1, 0.15) is 0 Å². The summed E-state index contributed by atoms with van der Waals surface area (Å²) in [4.78, 5) is 2.43. The molecule has 0 unspecified atom stereocenters. The van der Waals surface area contributed by atoms with E-state index in [1.807, 2.05) is 6.07 Å². The molecule has 0 spiro atoms. The third-order valence-electron chi connectivity index (χ3n) is 4.53. The molecule has 1 saturated heterocycles. The fourth-order valence-corrected chi connectivity index (χ4v) is 3.36. The monoisotopic (exact) mass is 303 g/mol. The van der Waals surface area contributed by atoms with Gasteiger partial charge >= 0.3 is 0 Å². The van der Waals surface area contributed by atoms with Crippen molar-refractivity contribution < 1.29 is 0 Å².